The summed E-state index contributed by atoms with van der Waals surface area (Å²) in [5, 5.41) is 3.00. The molecule has 25 heavy (non-hydrogen) atoms. The van der Waals surface area contributed by atoms with Crippen molar-refractivity contribution in [3.05, 3.63) is 70.0 Å². The predicted molar refractivity (Wildman–Crippen MR) is 98.8 cm³/mol. The Morgan fingerprint density at radius 3 is 2.48 bits per heavy atom. The third kappa shape index (κ3) is 3.45. The van der Waals surface area contributed by atoms with Crippen LogP contribution in [0.1, 0.15) is 11.1 Å². The molecule has 3 rings (SSSR count). The number of hydrogen-bond acceptors (Lipinski definition) is 3. The highest BCUT2D eigenvalue weighted by atomic mass is 35.5. The van der Waals surface area contributed by atoms with Gasteiger partial charge in [0.1, 0.15) is 11.4 Å². The van der Waals surface area contributed by atoms with E-state index < -0.39 is 11.8 Å². The molecule has 0 aromatic heterocycles. The molecule has 0 saturated carbocycles. The quantitative estimate of drug-likeness (QED) is 0.496. The third-order valence-electron chi connectivity index (χ3n) is 3.68. The van der Waals surface area contributed by atoms with Gasteiger partial charge in [0, 0.05) is 5.02 Å². The van der Waals surface area contributed by atoms with E-state index in [0.717, 1.165) is 0 Å². The van der Waals surface area contributed by atoms with Gasteiger partial charge in [0.25, 0.3) is 11.8 Å². The van der Waals surface area contributed by atoms with Crippen LogP contribution in [0.2, 0.25) is 5.02 Å². The van der Waals surface area contributed by atoms with Gasteiger partial charge in [-0.2, -0.15) is 0 Å². The number of benzene rings is 2. The summed E-state index contributed by atoms with van der Waals surface area (Å²) in [6, 6.07) is 10.8. The topological polar surface area (TPSA) is 49.4 Å². The van der Waals surface area contributed by atoms with Gasteiger partial charge in [-0.05, 0) is 72.7 Å². The molecule has 1 N–H and O–H groups in total. The Kier molecular flexibility index (Phi) is 4.65. The second-order valence-electron chi connectivity index (χ2n) is 5.44. The van der Waals surface area contributed by atoms with Crippen LogP contribution in [-0.4, -0.2) is 16.9 Å². The first-order valence-corrected chi connectivity index (χ1v) is 8.08. The number of nitrogens with one attached hydrogen (secondary N) is 1. The lowest BCUT2D eigenvalue weighted by atomic mass is 10.0. The average Bonchev–Trinajstić information content (AvgIpc) is 2.56. The van der Waals surface area contributed by atoms with Crippen molar-refractivity contribution in [2.24, 2.45) is 0 Å². The van der Waals surface area contributed by atoms with E-state index in [9.17, 15) is 14.0 Å². The summed E-state index contributed by atoms with van der Waals surface area (Å²) < 4.78 is 13.4. The molecule has 0 unspecified atom stereocenters. The molecule has 0 aliphatic carbocycles. The number of aryl methyl sites for hydroxylation is 1. The summed E-state index contributed by atoms with van der Waals surface area (Å²) in [7, 11) is 0. The van der Waals surface area contributed by atoms with Crippen LogP contribution in [0.4, 0.5) is 10.1 Å². The Morgan fingerprint density at radius 1 is 1.16 bits per heavy atom. The number of thiocarbonyl (C=S) groups is 1. The van der Waals surface area contributed by atoms with Crippen molar-refractivity contribution in [3.63, 3.8) is 0 Å². The van der Waals surface area contributed by atoms with Gasteiger partial charge in [0.05, 0.1) is 5.69 Å². The summed E-state index contributed by atoms with van der Waals surface area (Å²) in [5.74, 6) is -1.51. The number of halogens is 2. The molecule has 1 heterocycles. The van der Waals surface area contributed by atoms with E-state index in [0.29, 0.717) is 21.8 Å². The number of rotatable bonds is 2. The van der Waals surface area contributed by atoms with E-state index >= 15 is 0 Å². The highest BCUT2D eigenvalue weighted by Gasteiger charge is 2.34. The van der Waals surface area contributed by atoms with Crippen molar-refractivity contribution in [2.75, 3.05) is 4.90 Å². The highest BCUT2D eigenvalue weighted by Crippen LogP contribution is 2.24. The average molecular weight is 375 g/mol. The minimum absolute atomic E-state index is 0.00948. The molecular formula is C18H12ClFN2O2S. The smallest absolute Gasteiger partial charge is 0.270 e. The highest BCUT2D eigenvalue weighted by molar-refractivity contribution is 7.80. The van der Waals surface area contributed by atoms with E-state index in [-0.39, 0.29) is 16.5 Å². The molecule has 2 aromatic rings. The lowest BCUT2D eigenvalue weighted by Gasteiger charge is -2.29. The van der Waals surface area contributed by atoms with E-state index in [4.69, 9.17) is 23.8 Å². The number of hydrogen-bond donors (Lipinski definition) is 1. The van der Waals surface area contributed by atoms with Gasteiger partial charge in [0.2, 0.25) is 0 Å². The number of anilines is 1. The fourth-order valence-corrected chi connectivity index (χ4v) is 2.81. The van der Waals surface area contributed by atoms with Crippen LogP contribution in [0, 0.1) is 12.7 Å². The summed E-state index contributed by atoms with van der Waals surface area (Å²) in [4.78, 5) is 26.2. The largest absolute Gasteiger partial charge is 0.298 e. The van der Waals surface area contributed by atoms with Gasteiger partial charge in [-0.25, -0.2) is 4.39 Å². The number of carbonyl (C=O) groups excluding carboxylic acids is 2. The Labute approximate surface area is 153 Å². The van der Waals surface area contributed by atoms with Crippen molar-refractivity contribution in [1.82, 2.24) is 5.32 Å². The minimum atomic E-state index is -0.595. The minimum Gasteiger partial charge on any atom is -0.298 e. The maximum Gasteiger partial charge on any atom is 0.270 e. The Morgan fingerprint density at radius 2 is 1.84 bits per heavy atom. The molecule has 1 fully saturated rings. The SMILES string of the molecule is Cc1cc(/C=C2\C(=O)NC(=S)N(c3ccc(Cl)cc3)C2=O)ccc1F. The summed E-state index contributed by atoms with van der Waals surface area (Å²) >= 11 is 11.0. The van der Waals surface area contributed by atoms with Gasteiger partial charge >= 0.3 is 0 Å². The molecule has 126 valence electrons. The van der Waals surface area contributed by atoms with Crippen molar-refractivity contribution in [1.29, 1.82) is 0 Å². The molecular weight excluding hydrogens is 363 g/mol. The van der Waals surface area contributed by atoms with Crippen LogP contribution < -0.4 is 10.2 Å². The van der Waals surface area contributed by atoms with Crippen molar-refractivity contribution in [3.8, 4) is 0 Å². The predicted octanol–water partition coefficient (Wildman–Crippen LogP) is 3.62. The van der Waals surface area contributed by atoms with Crippen LogP contribution in [0.25, 0.3) is 6.08 Å². The van der Waals surface area contributed by atoms with Crippen LogP contribution in [0.5, 0.6) is 0 Å². The standard InChI is InChI=1S/C18H12ClFN2O2S/c1-10-8-11(2-7-15(10)20)9-14-16(23)21-18(25)22(17(14)24)13-5-3-12(19)4-6-13/h2-9H,1H3,(H,21,23,25)/b14-9+. The molecule has 2 aromatic carbocycles. The second kappa shape index (κ2) is 6.74. The first-order valence-electron chi connectivity index (χ1n) is 7.30. The van der Waals surface area contributed by atoms with Gasteiger partial charge in [-0.1, -0.05) is 17.7 Å². The molecule has 0 radical (unpaired) electrons. The maximum atomic E-state index is 13.4. The van der Waals surface area contributed by atoms with E-state index in [2.05, 4.69) is 5.32 Å². The molecule has 1 saturated heterocycles. The molecule has 1 aliphatic rings. The summed E-state index contributed by atoms with van der Waals surface area (Å²) in [6.07, 6.45) is 1.41. The molecule has 2 amide bonds. The fraction of sp³-hybridized carbons (Fsp3) is 0.0556. The zero-order valence-corrected chi connectivity index (χ0v) is 14.6. The summed E-state index contributed by atoms with van der Waals surface area (Å²) in [5.41, 5.74) is 1.36. The van der Waals surface area contributed by atoms with Crippen molar-refractivity contribution >= 4 is 52.5 Å². The van der Waals surface area contributed by atoms with Crippen LogP contribution in [0.15, 0.2) is 48.0 Å². The lowest BCUT2D eigenvalue weighted by molar-refractivity contribution is -0.122. The second-order valence-corrected chi connectivity index (χ2v) is 6.27. The molecule has 0 atom stereocenters. The third-order valence-corrected chi connectivity index (χ3v) is 4.22. The zero-order valence-electron chi connectivity index (χ0n) is 13.0. The molecule has 0 bridgehead atoms. The van der Waals surface area contributed by atoms with Crippen LogP contribution >= 0.6 is 23.8 Å². The van der Waals surface area contributed by atoms with E-state index in [1.165, 1.54) is 23.1 Å². The Bertz CT molecular complexity index is 925. The fourth-order valence-electron chi connectivity index (χ4n) is 2.41. The molecule has 7 heteroatoms. The lowest BCUT2D eigenvalue weighted by Crippen LogP contribution is -2.54. The number of amides is 2. The molecule has 0 spiro atoms. The number of carbonyl (C=O) groups is 2. The van der Waals surface area contributed by atoms with E-state index in [1.54, 1.807) is 37.3 Å². The number of nitrogens with zero attached hydrogens (tertiary/aromatic N) is 1. The van der Waals surface area contributed by atoms with Gasteiger partial charge in [-0.15, -0.1) is 0 Å². The van der Waals surface area contributed by atoms with Gasteiger partial charge in [0.15, 0.2) is 5.11 Å². The first kappa shape index (κ1) is 17.3. The van der Waals surface area contributed by atoms with E-state index in [1.807, 2.05) is 0 Å². The molecule has 4 nitrogen and oxygen atoms in total. The van der Waals surface area contributed by atoms with Crippen LogP contribution in [-0.2, 0) is 9.59 Å². The van der Waals surface area contributed by atoms with Gasteiger partial charge in [-0.3, -0.25) is 19.8 Å². The Hall–Kier alpha value is -2.57. The van der Waals surface area contributed by atoms with Crippen molar-refractivity contribution < 1.29 is 14.0 Å². The normalized spacial score (nSPS) is 16.4. The monoisotopic (exact) mass is 374 g/mol. The summed E-state index contributed by atoms with van der Waals surface area (Å²) in [6.45, 7) is 1.61. The van der Waals surface area contributed by atoms with Gasteiger partial charge < -0.3 is 0 Å². The first-order chi connectivity index (χ1) is 11.9. The van der Waals surface area contributed by atoms with Crippen molar-refractivity contribution in [2.45, 2.75) is 6.92 Å². The van der Waals surface area contributed by atoms with Crippen LogP contribution in [0.3, 0.4) is 0 Å². The maximum absolute atomic E-state index is 13.4. The molecule has 1 aliphatic heterocycles. The Balaban J connectivity index is 2.01. The zero-order chi connectivity index (χ0) is 18.1.